The van der Waals surface area contributed by atoms with Gasteiger partial charge in [0.15, 0.2) is 0 Å². The van der Waals surface area contributed by atoms with E-state index in [9.17, 15) is 14.9 Å². The van der Waals surface area contributed by atoms with Crippen molar-refractivity contribution in [3.05, 3.63) is 27.9 Å². The predicted octanol–water partition coefficient (Wildman–Crippen LogP) is 4.16. The zero-order valence-corrected chi connectivity index (χ0v) is 16.7. The summed E-state index contributed by atoms with van der Waals surface area (Å²) in [5.41, 5.74) is 0.689. The number of aromatic nitrogens is 1. The number of hydrogen-bond donors (Lipinski definition) is 0. The molecule has 1 aromatic heterocycles. The zero-order chi connectivity index (χ0) is 19.9. The van der Waals surface area contributed by atoms with Crippen molar-refractivity contribution in [3.8, 4) is 0 Å². The van der Waals surface area contributed by atoms with Crippen molar-refractivity contribution < 1.29 is 14.5 Å². The van der Waals surface area contributed by atoms with Crippen molar-refractivity contribution in [1.29, 1.82) is 0 Å². The van der Waals surface area contributed by atoms with Gasteiger partial charge >= 0.3 is 11.7 Å². The van der Waals surface area contributed by atoms with E-state index >= 15 is 0 Å². The van der Waals surface area contributed by atoms with Gasteiger partial charge in [-0.1, -0.05) is 34.6 Å². The summed E-state index contributed by atoms with van der Waals surface area (Å²) >= 11 is 0. The first-order valence-corrected chi connectivity index (χ1v) is 9.15. The van der Waals surface area contributed by atoms with Crippen LogP contribution < -0.4 is 4.90 Å². The van der Waals surface area contributed by atoms with Crippen LogP contribution in [0.4, 0.5) is 11.5 Å². The highest BCUT2D eigenvalue weighted by Gasteiger charge is 2.25. The third-order valence-corrected chi connectivity index (χ3v) is 4.14. The molecule has 0 N–H and O–H groups in total. The summed E-state index contributed by atoms with van der Waals surface area (Å²) in [5.74, 6) is 0.639. The monoisotopic (exact) mass is 365 g/mol. The van der Waals surface area contributed by atoms with Crippen molar-refractivity contribution >= 4 is 17.5 Å². The molecule has 0 bridgehead atoms. The second kappa shape index (κ2) is 10.1. The van der Waals surface area contributed by atoms with Gasteiger partial charge in [-0.25, -0.2) is 4.98 Å². The topological polar surface area (TPSA) is 85.6 Å². The molecule has 0 aliphatic rings. The van der Waals surface area contributed by atoms with E-state index in [1.54, 1.807) is 12.3 Å². The maximum atomic E-state index is 11.7. The van der Waals surface area contributed by atoms with Crippen LogP contribution in [0.5, 0.6) is 0 Å². The molecule has 146 valence electrons. The highest BCUT2D eigenvalue weighted by molar-refractivity contribution is 5.70. The summed E-state index contributed by atoms with van der Waals surface area (Å²) in [4.78, 5) is 29.3. The summed E-state index contributed by atoms with van der Waals surface area (Å²) in [5, 5.41) is 11.7. The number of esters is 1. The fourth-order valence-corrected chi connectivity index (χ4v) is 2.97. The molecule has 0 saturated carbocycles. The number of anilines is 1. The van der Waals surface area contributed by atoms with E-state index in [-0.39, 0.29) is 28.9 Å². The minimum Gasteiger partial charge on any atom is -0.469 e. The van der Waals surface area contributed by atoms with Gasteiger partial charge < -0.3 is 9.64 Å². The van der Waals surface area contributed by atoms with Crippen LogP contribution in [0.2, 0.25) is 0 Å². The van der Waals surface area contributed by atoms with Crippen molar-refractivity contribution in [3.63, 3.8) is 0 Å². The van der Waals surface area contributed by atoms with E-state index in [1.807, 2.05) is 11.8 Å². The SMILES string of the molecule is CCC(CC(=O)OC)c1cnc(N(CC(C)C)CC(C)C)c([N+](=O)[O-])c1. The summed E-state index contributed by atoms with van der Waals surface area (Å²) in [6, 6.07) is 1.56. The molecular formula is C19H31N3O4. The third kappa shape index (κ3) is 6.28. The number of nitro groups is 1. The Morgan fingerprint density at radius 3 is 2.27 bits per heavy atom. The van der Waals surface area contributed by atoms with E-state index in [2.05, 4.69) is 32.7 Å². The van der Waals surface area contributed by atoms with Crippen molar-refractivity contribution in [2.45, 2.75) is 53.4 Å². The molecule has 0 saturated heterocycles. The standard InChI is InChI=1S/C19H31N3O4/c1-7-15(9-18(23)26-6)16-8-17(22(24)25)19(20-10-16)21(11-13(2)3)12-14(4)5/h8,10,13-15H,7,9,11-12H2,1-6H3. The number of methoxy groups -OCH3 is 1. The molecule has 1 rings (SSSR count). The van der Waals surface area contributed by atoms with Gasteiger partial charge in [0.2, 0.25) is 5.82 Å². The Hall–Kier alpha value is -2.18. The first-order chi connectivity index (χ1) is 12.2. The molecule has 1 unspecified atom stereocenters. The lowest BCUT2D eigenvalue weighted by Crippen LogP contribution is -2.32. The van der Waals surface area contributed by atoms with Gasteiger partial charge in [0.25, 0.3) is 0 Å². The van der Waals surface area contributed by atoms with E-state index < -0.39 is 0 Å². The number of carbonyl (C=O) groups excluding carboxylic acids is 1. The maximum Gasteiger partial charge on any atom is 0.311 e. The van der Waals surface area contributed by atoms with Gasteiger partial charge in [0.05, 0.1) is 18.5 Å². The fraction of sp³-hybridized carbons (Fsp3) is 0.684. The van der Waals surface area contributed by atoms with Crippen LogP contribution in [0.15, 0.2) is 12.3 Å². The average molecular weight is 365 g/mol. The van der Waals surface area contributed by atoms with Gasteiger partial charge in [0.1, 0.15) is 0 Å². The molecule has 7 nitrogen and oxygen atoms in total. The molecule has 0 fully saturated rings. The van der Waals surface area contributed by atoms with E-state index in [1.165, 1.54) is 7.11 Å². The molecule has 0 aliphatic carbocycles. The number of nitrogens with zero attached hydrogens (tertiary/aromatic N) is 3. The summed E-state index contributed by atoms with van der Waals surface area (Å²) in [6.45, 7) is 11.7. The second-order valence-corrected chi connectivity index (χ2v) is 7.45. The summed E-state index contributed by atoms with van der Waals surface area (Å²) in [7, 11) is 1.34. The Bertz CT molecular complexity index is 607. The Morgan fingerprint density at radius 1 is 1.27 bits per heavy atom. The maximum absolute atomic E-state index is 11.7. The van der Waals surface area contributed by atoms with Crippen LogP contribution in [0.3, 0.4) is 0 Å². The van der Waals surface area contributed by atoms with Crippen LogP contribution in [0, 0.1) is 22.0 Å². The first kappa shape index (κ1) is 21.9. The van der Waals surface area contributed by atoms with Crippen LogP contribution >= 0.6 is 0 Å². The van der Waals surface area contributed by atoms with E-state index in [0.29, 0.717) is 42.7 Å². The Labute approximate surface area is 155 Å². The van der Waals surface area contributed by atoms with Crippen molar-refractivity contribution in [2.75, 3.05) is 25.1 Å². The van der Waals surface area contributed by atoms with Crippen LogP contribution in [0.25, 0.3) is 0 Å². The third-order valence-electron chi connectivity index (χ3n) is 4.14. The molecule has 7 heteroatoms. The Kier molecular flexibility index (Phi) is 8.48. The molecular weight excluding hydrogens is 334 g/mol. The zero-order valence-electron chi connectivity index (χ0n) is 16.7. The lowest BCUT2D eigenvalue weighted by Gasteiger charge is -2.27. The fourth-order valence-electron chi connectivity index (χ4n) is 2.97. The van der Waals surface area contributed by atoms with E-state index in [4.69, 9.17) is 4.74 Å². The van der Waals surface area contributed by atoms with Crippen molar-refractivity contribution in [1.82, 2.24) is 4.98 Å². The molecule has 0 amide bonds. The van der Waals surface area contributed by atoms with Gasteiger partial charge in [-0.2, -0.15) is 0 Å². The molecule has 1 atom stereocenters. The number of hydrogen-bond acceptors (Lipinski definition) is 6. The minimum absolute atomic E-state index is 0.00730. The van der Waals surface area contributed by atoms with Crippen LogP contribution in [-0.2, 0) is 9.53 Å². The molecule has 0 aromatic carbocycles. The second-order valence-electron chi connectivity index (χ2n) is 7.45. The number of carbonyl (C=O) groups is 1. The first-order valence-electron chi connectivity index (χ1n) is 9.15. The lowest BCUT2D eigenvalue weighted by molar-refractivity contribution is -0.384. The highest BCUT2D eigenvalue weighted by atomic mass is 16.6. The molecule has 26 heavy (non-hydrogen) atoms. The van der Waals surface area contributed by atoms with Gasteiger partial charge in [-0.05, 0) is 29.7 Å². The predicted molar refractivity (Wildman–Crippen MR) is 102 cm³/mol. The van der Waals surface area contributed by atoms with Gasteiger partial charge in [0, 0.05) is 25.4 Å². The Balaban J connectivity index is 3.28. The quantitative estimate of drug-likeness (QED) is 0.351. The number of ether oxygens (including phenoxy) is 1. The summed E-state index contributed by atoms with van der Waals surface area (Å²) < 4.78 is 4.73. The lowest BCUT2D eigenvalue weighted by atomic mass is 9.94. The van der Waals surface area contributed by atoms with Crippen LogP contribution in [-0.4, -0.2) is 36.1 Å². The Morgan fingerprint density at radius 2 is 1.85 bits per heavy atom. The summed E-state index contributed by atoms with van der Waals surface area (Å²) in [6.07, 6.45) is 2.52. The molecule has 0 spiro atoms. The van der Waals surface area contributed by atoms with Crippen molar-refractivity contribution in [2.24, 2.45) is 11.8 Å². The minimum atomic E-state index is -0.385. The largest absolute Gasteiger partial charge is 0.469 e. The molecule has 1 aromatic rings. The van der Waals surface area contributed by atoms with Gasteiger partial charge in [-0.3, -0.25) is 14.9 Å². The molecule has 0 aliphatic heterocycles. The highest BCUT2D eigenvalue weighted by Crippen LogP contribution is 2.32. The normalized spacial score (nSPS) is 12.3. The van der Waals surface area contributed by atoms with Gasteiger partial charge in [-0.15, -0.1) is 0 Å². The van der Waals surface area contributed by atoms with E-state index in [0.717, 1.165) is 0 Å². The molecule has 0 radical (unpaired) electrons. The number of rotatable bonds is 10. The smallest absolute Gasteiger partial charge is 0.311 e. The molecule has 1 heterocycles. The van der Waals surface area contributed by atoms with Crippen LogP contribution in [0.1, 0.15) is 58.9 Å². The number of pyridine rings is 1. The average Bonchev–Trinajstić information content (AvgIpc) is 2.57.